The van der Waals surface area contributed by atoms with Gasteiger partial charge in [0.1, 0.15) is 11.3 Å². The minimum absolute atomic E-state index is 0.112. The lowest BCUT2D eigenvalue weighted by atomic mass is 9.92. The summed E-state index contributed by atoms with van der Waals surface area (Å²) in [4.78, 5) is 38.9. The number of Topliss-reactive ketones (excluding diaryl/α,β-unsaturated/α-hetero) is 1. The number of hydrogen-bond donors (Lipinski definition) is 1. The van der Waals surface area contributed by atoms with Crippen molar-refractivity contribution in [1.29, 1.82) is 0 Å². The van der Waals surface area contributed by atoms with Crippen molar-refractivity contribution in [2.45, 2.75) is 32.0 Å². The van der Waals surface area contributed by atoms with Gasteiger partial charge in [0.05, 0.1) is 12.7 Å². The summed E-state index contributed by atoms with van der Waals surface area (Å²) in [5.41, 5.74) is -0.284. The summed E-state index contributed by atoms with van der Waals surface area (Å²) in [6.07, 6.45) is -3.36. The first-order valence-corrected chi connectivity index (χ1v) is 10.6. The number of rotatable bonds is 5. The Morgan fingerprint density at radius 2 is 1.79 bits per heavy atom. The average molecular weight is 470 g/mol. The number of methoxy groups -OCH3 is 1. The van der Waals surface area contributed by atoms with Crippen LogP contribution in [0.15, 0.2) is 59.4 Å². The number of halogens is 3. The molecule has 2 aromatic carbocycles. The summed E-state index contributed by atoms with van der Waals surface area (Å²) in [7, 11) is 1.52. The van der Waals surface area contributed by atoms with Crippen molar-refractivity contribution in [1.82, 2.24) is 9.88 Å². The van der Waals surface area contributed by atoms with Crippen LogP contribution in [0.2, 0.25) is 0 Å². The Morgan fingerprint density at radius 1 is 1.06 bits per heavy atom. The van der Waals surface area contributed by atoms with Crippen LogP contribution in [0.1, 0.15) is 50.4 Å². The minimum Gasteiger partial charge on any atom is -0.497 e. The van der Waals surface area contributed by atoms with E-state index in [9.17, 15) is 27.6 Å². The number of benzene rings is 2. The SMILES string of the molecule is COc1cccc(CNC(=O)c2cc3c(n(-c4ccc(C(F)(F)F)cc4)c2=O)CCCC3=O)c1. The maximum Gasteiger partial charge on any atom is 0.416 e. The van der Waals surface area contributed by atoms with Gasteiger partial charge in [-0.2, -0.15) is 13.2 Å². The Bertz CT molecular complexity index is 1310. The lowest BCUT2D eigenvalue weighted by molar-refractivity contribution is -0.137. The third-order valence-corrected chi connectivity index (χ3v) is 5.71. The van der Waals surface area contributed by atoms with Gasteiger partial charge in [-0.05, 0) is 60.9 Å². The van der Waals surface area contributed by atoms with Crippen molar-refractivity contribution < 1.29 is 27.5 Å². The average Bonchev–Trinajstić information content (AvgIpc) is 2.82. The normalized spacial score (nSPS) is 13.4. The van der Waals surface area contributed by atoms with E-state index in [2.05, 4.69) is 5.32 Å². The number of pyridine rings is 1. The number of ether oxygens (including phenoxy) is 1. The van der Waals surface area contributed by atoms with E-state index in [0.29, 0.717) is 24.3 Å². The predicted octanol–water partition coefficient (Wildman–Crippen LogP) is 4.31. The monoisotopic (exact) mass is 470 g/mol. The van der Waals surface area contributed by atoms with Crippen molar-refractivity contribution >= 4 is 11.7 Å². The van der Waals surface area contributed by atoms with Gasteiger partial charge in [0.15, 0.2) is 5.78 Å². The Balaban J connectivity index is 1.74. The first-order chi connectivity index (χ1) is 16.2. The summed E-state index contributed by atoms with van der Waals surface area (Å²) in [6, 6.07) is 12.4. The molecule has 176 valence electrons. The van der Waals surface area contributed by atoms with E-state index in [0.717, 1.165) is 17.7 Å². The molecule has 3 aromatic rings. The zero-order valence-corrected chi connectivity index (χ0v) is 18.2. The van der Waals surface area contributed by atoms with E-state index in [4.69, 9.17) is 4.74 Å². The van der Waals surface area contributed by atoms with Gasteiger partial charge in [-0.3, -0.25) is 19.0 Å². The molecule has 4 rings (SSSR count). The van der Waals surface area contributed by atoms with Crippen LogP contribution in [-0.4, -0.2) is 23.4 Å². The molecule has 0 aliphatic heterocycles. The van der Waals surface area contributed by atoms with Gasteiger partial charge in [-0.25, -0.2) is 0 Å². The molecule has 1 heterocycles. The Labute approximate surface area is 193 Å². The summed E-state index contributed by atoms with van der Waals surface area (Å²) < 4.78 is 45.3. The van der Waals surface area contributed by atoms with E-state index >= 15 is 0 Å². The molecule has 0 spiro atoms. The van der Waals surface area contributed by atoms with Crippen LogP contribution >= 0.6 is 0 Å². The van der Waals surface area contributed by atoms with Gasteiger partial charge in [0.2, 0.25) is 0 Å². The molecule has 0 unspecified atom stereocenters. The highest BCUT2D eigenvalue weighted by molar-refractivity contribution is 6.01. The Hall–Kier alpha value is -3.88. The largest absolute Gasteiger partial charge is 0.497 e. The predicted molar refractivity (Wildman–Crippen MR) is 118 cm³/mol. The van der Waals surface area contributed by atoms with Crippen LogP contribution in [0.25, 0.3) is 5.69 Å². The summed E-state index contributed by atoms with van der Waals surface area (Å²) >= 11 is 0. The van der Waals surface area contributed by atoms with Crippen LogP contribution in [0, 0.1) is 0 Å². The molecule has 1 aliphatic rings. The number of nitrogens with zero attached hydrogens (tertiary/aromatic N) is 1. The highest BCUT2D eigenvalue weighted by Gasteiger charge is 2.31. The molecule has 9 heteroatoms. The molecular weight excluding hydrogens is 449 g/mol. The van der Waals surface area contributed by atoms with E-state index in [1.165, 1.54) is 29.9 Å². The van der Waals surface area contributed by atoms with Crippen molar-refractivity contribution in [3.8, 4) is 11.4 Å². The first-order valence-electron chi connectivity index (χ1n) is 10.6. The fourth-order valence-electron chi connectivity index (χ4n) is 3.99. The van der Waals surface area contributed by atoms with Gasteiger partial charge < -0.3 is 10.1 Å². The van der Waals surface area contributed by atoms with Crippen LogP contribution < -0.4 is 15.6 Å². The minimum atomic E-state index is -4.53. The van der Waals surface area contributed by atoms with Crippen LogP contribution in [0.5, 0.6) is 5.75 Å². The number of amides is 1. The molecule has 1 aromatic heterocycles. The van der Waals surface area contributed by atoms with Crippen molar-refractivity contribution in [2.75, 3.05) is 7.11 Å². The number of hydrogen-bond acceptors (Lipinski definition) is 4. The highest BCUT2D eigenvalue weighted by atomic mass is 19.4. The van der Waals surface area contributed by atoms with Crippen LogP contribution in [-0.2, 0) is 19.1 Å². The molecule has 34 heavy (non-hydrogen) atoms. The number of ketones is 1. The van der Waals surface area contributed by atoms with Gasteiger partial charge in [0, 0.05) is 29.9 Å². The number of carbonyl (C=O) groups excluding carboxylic acids is 2. The molecule has 0 saturated carbocycles. The zero-order valence-electron chi connectivity index (χ0n) is 18.2. The van der Waals surface area contributed by atoms with Gasteiger partial charge >= 0.3 is 6.18 Å². The third kappa shape index (κ3) is 4.59. The Morgan fingerprint density at radius 3 is 2.47 bits per heavy atom. The van der Waals surface area contributed by atoms with E-state index < -0.39 is 23.2 Å². The molecule has 1 amide bonds. The maximum atomic E-state index is 13.3. The second-order valence-corrected chi connectivity index (χ2v) is 7.91. The van der Waals surface area contributed by atoms with Crippen molar-refractivity contribution in [3.05, 3.63) is 92.9 Å². The molecule has 0 saturated heterocycles. The third-order valence-electron chi connectivity index (χ3n) is 5.71. The number of nitrogens with one attached hydrogen (secondary N) is 1. The fraction of sp³-hybridized carbons (Fsp3) is 0.240. The van der Waals surface area contributed by atoms with Gasteiger partial charge in [0.25, 0.3) is 11.5 Å². The molecule has 0 atom stereocenters. The first kappa shape index (κ1) is 23.3. The zero-order chi connectivity index (χ0) is 24.5. The standard InChI is InChI=1S/C25H21F3N2O4/c1-34-18-5-2-4-15(12-18)14-29-23(32)20-13-19-21(6-3-7-22(19)31)30(24(20)33)17-10-8-16(9-11-17)25(26,27)28/h2,4-5,8-13H,3,6-7,14H2,1H3,(H,29,32). The van der Waals surface area contributed by atoms with Crippen LogP contribution in [0.3, 0.4) is 0 Å². The van der Waals surface area contributed by atoms with E-state index in [1.54, 1.807) is 24.3 Å². The van der Waals surface area contributed by atoms with Crippen molar-refractivity contribution in [3.63, 3.8) is 0 Å². The quantitative estimate of drug-likeness (QED) is 0.603. The van der Waals surface area contributed by atoms with Crippen LogP contribution in [0.4, 0.5) is 13.2 Å². The molecule has 1 aliphatic carbocycles. The summed E-state index contributed by atoms with van der Waals surface area (Å²) in [5.74, 6) is -0.297. The maximum absolute atomic E-state index is 13.3. The molecular formula is C25H21F3N2O4. The van der Waals surface area contributed by atoms with Gasteiger partial charge in [-0.15, -0.1) is 0 Å². The number of fused-ring (bicyclic) bond motifs is 1. The van der Waals surface area contributed by atoms with E-state index in [1.807, 2.05) is 0 Å². The molecule has 6 nitrogen and oxygen atoms in total. The summed E-state index contributed by atoms with van der Waals surface area (Å²) in [6.45, 7) is 0.112. The smallest absolute Gasteiger partial charge is 0.416 e. The lowest BCUT2D eigenvalue weighted by Crippen LogP contribution is -2.36. The second kappa shape index (κ2) is 9.17. The molecule has 0 fully saturated rings. The Kier molecular flexibility index (Phi) is 6.28. The molecule has 0 bridgehead atoms. The summed E-state index contributed by atoms with van der Waals surface area (Å²) in [5, 5.41) is 2.67. The number of carbonyl (C=O) groups is 2. The van der Waals surface area contributed by atoms with E-state index in [-0.39, 0.29) is 35.6 Å². The molecule has 1 N–H and O–H groups in total. The number of alkyl halides is 3. The second-order valence-electron chi connectivity index (χ2n) is 7.91. The lowest BCUT2D eigenvalue weighted by Gasteiger charge is -2.22. The molecule has 0 radical (unpaired) electrons. The van der Waals surface area contributed by atoms with Gasteiger partial charge in [-0.1, -0.05) is 12.1 Å². The number of aromatic nitrogens is 1. The topological polar surface area (TPSA) is 77.4 Å². The highest BCUT2D eigenvalue weighted by Crippen LogP contribution is 2.30. The fourth-order valence-corrected chi connectivity index (χ4v) is 3.99. The van der Waals surface area contributed by atoms with Crippen molar-refractivity contribution in [2.24, 2.45) is 0 Å².